The Kier molecular flexibility index (Phi) is 3.27. The van der Waals surface area contributed by atoms with Crippen LogP contribution in [0.15, 0.2) is 39.4 Å². The van der Waals surface area contributed by atoms with Crippen LogP contribution in [0.3, 0.4) is 0 Å². The summed E-state index contributed by atoms with van der Waals surface area (Å²) in [5.74, 6) is 0.947. The molecule has 0 spiro atoms. The topological polar surface area (TPSA) is 25.2 Å². The van der Waals surface area contributed by atoms with E-state index in [1.54, 1.807) is 0 Å². The lowest BCUT2D eigenvalue weighted by molar-refractivity contribution is 0.447. The predicted molar refractivity (Wildman–Crippen MR) is 75.8 cm³/mol. The van der Waals surface area contributed by atoms with E-state index in [1.807, 2.05) is 19.2 Å². The van der Waals surface area contributed by atoms with Gasteiger partial charge in [-0.2, -0.15) is 0 Å². The van der Waals surface area contributed by atoms with Crippen molar-refractivity contribution in [2.24, 2.45) is 0 Å². The van der Waals surface area contributed by atoms with Crippen LogP contribution < -0.4 is 5.32 Å². The number of rotatable bonds is 3. The van der Waals surface area contributed by atoms with Gasteiger partial charge in [0, 0.05) is 0 Å². The van der Waals surface area contributed by atoms with Crippen LogP contribution in [0.2, 0.25) is 0 Å². The Morgan fingerprint density at radius 2 is 2.00 bits per heavy atom. The lowest BCUT2D eigenvalue weighted by Gasteiger charge is -2.15. The molecule has 0 saturated carbocycles. The van der Waals surface area contributed by atoms with E-state index in [0.29, 0.717) is 0 Å². The maximum absolute atomic E-state index is 5.66. The molecular weight excluding hydrogens is 290 g/mol. The highest BCUT2D eigenvalue weighted by Crippen LogP contribution is 2.30. The first-order valence-electron chi connectivity index (χ1n) is 6.32. The monoisotopic (exact) mass is 305 g/mol. The third-order valence-electron chi connectivity index (χ3n) is 3.62. The Labute approximate surface area is 116 Å². The highest BCUT2D eigenvalue weighted by molar-refractivity contribution is 9.10. The van der Waals surface area contributed by atoms with Crippen LogP contribution in [0.5, 0.6) is 0 Å². The zero-order valence-electron chi connectivity index (χ0n) is 10.4. The molecule has 1 unspecified atom stereocenters. The summed E-state index contributed by atoms with van der Waals surface area (Å²) < 4.78 is 6.44. The molecule has 0 amide bonds. The maximum atomic E-state index is 5.66. The molecule has 0 radical (unpaired) electrons. The minimum absolute atomic E-state index is 0.127. The van der Waals surface area contributed by atoms with Crippen molar-refractivity contribution in [3.8, 4) is 0 Å². The van der Waals surface area contributed by atoms with E-state index in [4.69, 9.17) is 4.42 Å². The molecule has 1 atom stereocenters. The van der Waals surface area contributed by atoms with E-state index < -0.39 is 0 Å². The number of nitrogens with one attached hydrogen (secondary N) is 1. The van der Waals surface area contributed by atoms with Crippen molar-refractivity contribution in [2.75, 3.05) is 7.05 Å². The molecule has 0 aliphatic heterocycles. The van der Waals surface area contributed by atoms with Gasteiger partial charge >= 0.3 is 0 Å². The first-order valence-corrected chi connectivity index (χ1v) is 7.11. The van der Waals surface area contributed by atoms with Gasteiger partial charge in [0.1, 0.15) is 5.76 Å². The summed E-state index contributed by atoms with van der Waals surface area (Å²) in [6.07, 6.45) is 3.73. The fourth-order valence-electron chi connectivity index (χ4n) is 2.73. The van der Waals surface area contributed by atoms with E-state index >= 15 is 0 Å². The number of fused-ring (bicyclic) bond motifs is 1. The molecule has 3 heteroatoms. The summed E-state index contributed by atoms with van der Waals surface area (Å²) in [4.78, 5) is 0. The van der Waals surface area contributed by atoms with Crippen LogP contribution in [0, 0.1) is 0 Å². The van der Waals surface area contributed by atoms with Gasteiger partial charge in [0.05, 0.1) is 6.04 Å². The number of aryl methyl sites for hydroxylation is 2. The molecule has 1 aromatic carbocycles. The van der Waals surface area contributed by atoms with Crippen LogP contribution in [0.1, 0.15) is 34.9 Å². The van der Waals surface area contributed by atoms with Gasteiger partial charge in [-0.3, -0.25) is 0 Å². The van der Waals surface area contributed by atoms with E-state index in [1.165, 1.54) is 36.0 Å². The molecule has 94 valence electrons. The van der Waals surface area contributed by atoms with E-state index in [-0.39, 0.29) is 6.04 Å². The minimum Gasteiger partial charge on any atom is -0.452 e. The molecule has 0 fully saturated rings. The van der Waals surface area contributed by atoms with E-state index in [0.717, 1.165) is 10.4 Å². The molecule has 2 aromatic rings. The average molecular weight is 306 g/mol. The molecule has 3 rings (SSSR count). The first kappa shape index (κ1) is 12.0. The summed E-state index contributed by atoms with van der Waals surface area (Å²) >= 11 is 3.36. The standard InChI is InChI=1S/C15H16BrNO/c1-17-15(13-7-8-14(16)18-13)12-6-5-10-3-2-4-11(10)9-12/h5-9,15,17H,2-4H2,1H3. The highest BCUT2D eigenvalue weighted by atomic mass is 79.9. The fourth-order valence-corrected chi connectivity index (χ4v) is 3.05. The largest absolute Gasteiger partial charge is 0.452 e. The summed E-state index contributed by atoms with van der Waals surface area (Å²) in [6, 6.07) is 10.9. The Morgan fingerprint density at radius 1 is 1.17 bits per heavy atom. The minimum atomic E-state index is 0.127. The van der Waals surface area contributed by atoms with Crippen LogP contribution >= 0.6 is 15.9 Å². The number of benzene rings is 1. The Hall–Kier alpha value is -1.06. The Balaban J connectivity index is 1.96. The summed E-state index contributed by atoms with van der Waals surface area (Å²) in [5, 5.41) is 3.32. The molecule has 18 heavy (non-hydrogen) atoms. The van der Waals surface area contributed by atoms with Crippen molar-refractivity contribution >= 4 is 15.9 Å². The number of hydrogen-bond acceptors (Lipinski definition) is 2. The van der Waals surface area contributed by atoms with Gasteiger partial charge in [-0.1, -0.05) is 18.2 Å². The van der Waals surface area contributed by atoms with Crippen molar-refractivity contribution in [3.63, 3.8) is 0 Å². The zero-order chi connectivity index (χ0) is 12.5. The molecule has 1 aliphatic carbocycles. The Morgan fingerprint density at radius 3 is 2.72 bits per heavy atom. The first-order chi connectivity index (χ1) is 8.78. The molecule has 1 aliphatic rings. The summed E-state index contributed by atoms with van der Waals surface area (Å²) in [5.41, 5.74) is 4.28. The third kappa shape index (κ3) is 2.13. The van der Waals surface area contributed by atoms with E-state index in [2.05, 4.69) is 39.4 Å². The average Bonchev–Trinajstić information content (AvgIpc) is 2.99. The maximum Gasteiger partial charge on any atom is 0.169 e. The quantitative estimate of drug-likeness (QED) is 0.932. The van der Waals surface area contributed by atoms with Gasteiger partial charge < -0.3 is 9.73 Å². The second kappa shape index (κ2) is 4.90. The smallest absolute Gasteiger partial charge is 0.169 e. The van der Waals surface area contributed by atoms with Gasteiger partial charge in [-0.15, -0.1) is 0 Å². The van der Waals surface area contributed by atoms with Gasteiger partial charge in [-0.25, -0.2) is 0 Å². The molecular formula is C15H16BrNO. The number of furan rings is 1. The van der Waals surface area contributed by atoms with Crippen molar-refractivity contribution in [1.82, 2.24) is 5.32 Å². The second-order valence-electron chi connectivity index (χ2n) is 4.75. The van der Waals surface area contributed by atoms with Crippen LogP contribution in [0.4, 0.5) is 0 Å². The summed E-state index contributed by atoms with van der Waals surface area (Å²) in [7, 11) is 1.97. The molecule has 0 saturated heterocycles. The van der Waals surface area contributed by atoms with Crippen LogP contribution in [-0.2, 0) is 12.8 Å². The molecule has 0 bridgehead atoms. The van der Waals surface area contributed by atoms with Crippen molar-refractivity contribution < 1.29 is 4.42 Å². The number of halogens is 1. The van der Waals surface area contributed by atoms with Crippen molar-refractivity contribution in [1.29, 1.82) is 0 Å². The predicted octanol–water partition coefficient (Wildman–Crippen LogP) is 3.84. The van der Waals surface area contributed by atoms with E-state index in [9.17, 15) is 0 Å². The molecule has 1 heterocycles. The molecule has 1 N–H and O–H groups in total. The molecule has 2 nitrogen and oxygen atoms in total. The Bertz CT molecular complexity index is 561. The van der Waals surface area contributed by atoms with Gasteiger partial charge in [-0.05, 0) is 71.1 Å². The van der Waals surface area contributed by atoms with Crippen LogP contribution in [-0.4, -0.2) is 7.05 Å². The lowest BCUT2D eigenvalue weighted by atomic mass is 10.00. The lowest BCUT2D eigenvalue weighted by Crippen LogP contribution is -2.17. The van der Waals surface area contributed by atoms with Gasteiger partial charge in [0.25, 0.3) is 0 Å². The summed E-state index contributed by atoms with van der Waals surface area (Å²) in [6.45, 7) is 0. The third-order valence-corrected chi connectivity index (χ3v) is 4.05. The van der Waals surface area contributed by atoms with Crippen LogP contribution in [0.25, 0.3) is 0 Å². The SMILES string of the molecule is CNC(c1ccc2c(c1)CCC2)c1ccc(Br)o1. The second-order valence-corrected chi connectivity index (χ2v) is 5.53. The van der Waals surface area contributed by atoms with Crippen molar-refractivity contribution in [2.45, 2.75) is 25.3 Å². The normalized spacial score (nSPS) is 15.7. The van der Waals surface area contributed by atoms with Gasteiger partial charge in [0.2, 0.25) is 0 Å². The van der Waals surface area contributed by atoms with Gasteiger partial charge in [0.15, 0.2) is 4.67 Å². The fraction of sp³-hybridized carbons (Fsp3) is 0.333. The zero-order valence-corrected chi connectivity index (χ0v) is 12.0. The molecule has 1 aromatic heterocycles. The number of hydrogen-bond donors (Lipinski definition) is 1. The highest BCUT2D eigenvalue weighted by Gasteiger charge is 2.18. The van der Waals surface area contributed by atoms with Crippen molar-refractivity contribution in [3.05, 3.63) is 57.5 Å².